The van der Waals surface area contributed by atoms with E-state index in [0.29, 0.717) is 12.2 Å². The van der Waals surface area contributed by atoms with E-state index < -0.39 is 0 Å². The highest BCUT2D eigenvalue weighted by atomic mass is 14.9. The van der Waals surface area contributed by atoms with E-state index in [1.807, 2.05) is 30.3 Å². The molecule has 0 amide bonds. The van der Waals surface area contributed by atoms with Crippen LogP contribution in [0.25, 0.3) is 10.9 Å². The van der Waals surface area contributed by atoms with Crippen molar-refractivity contribution in [1.82, 2.24) is 15.0 Å². The summed E-state index contributed by atoms with van der Waals surface area (Å²) in [6, 6.07) is 9.54. The number of nitrogen functional groups attached to an aromatic ring is 1. The van der Waals surface area contributed by atoms with Gasteiger partial charge in [0, 0.05) is 29.2 Å². The molecule has 1 aromatic carbocycles. The molecule has 2 heterocycles. The fraction of sp³-hybridized carbons (Fsp3) is 0.0714. The maximum Gasteiger partial charge on any atom is 0.115 e. The lowest BCUT2D eigenvalue weighted by Gasteiger charge is -2.09. The standard InChI is InChI=1S/C14H13N5/c15-10-1-2-12-13(4-6-17-14(12)7-10)18-8-11-3-5-16-9-19-11/h1-7,9H,8,15H2,(H,17,18). The summed E-state index contributed by atoms with van der Waals surface area (Å²) in [5.74, 6) is 0. The molecular weight excluding hydrogens is 238 g/mol. The normalized spacial score (nSPS) is 10.5. The third-order valence-corrected chi connectivity index (χ3v) is 2.87. The van der Waals surface area contributed by atoms with Crippen LogP contribution in [0, 0.1) is 0 Å². The Balaban J connectivity index is 1.89. The van der Waals surface area contributed by atoms with E-state index in [2.05, 4.69) is 20.3 Å². The van der Waals surface area contributed by atoms with Gasteiger partial charge in [-0.05, 0) is 30.3 Å². The van der Waals surface area contributed by atoms with Gasteiger partial charge in [-0.2, -0.15) is 0 Å². The molecule has 5 nitrogen and oxygen atoms in total. The lowest BCUT2D eigenvalue weighted by molar-refractivity contribution is 1.01. The molecule has 0 fully saturated rings. The summed E-state index contributed by atoms with van der Waals surface area (Å²) in [5.41, 5.74) is 9.32. The van der Waals surface area contributed by atoms with Gasteiger partial charge >= 0.3 is 0 Å². The fourth-order valence-corrected chi connectivity index (χ4v) is 1.93. The first-order chi connectivity index (χ1) is 9.33. The number of fused-ring (bicyclic) bond motifs is 1. The quantitative estimate of drug-likeness (QED) is 0.698. The van der Waals surface area contributed by atoms with Gasteiger partial charge in [0.2, 0.25) is 0 Å². The second-order valence-corrected chi connectivity index (χ2v) is 4.19. The van der Waals surface area contributed by atoms with E-state index in [1.165, 1.54) is 0 Å². The lowest BCUT2D eigenvalue weighted by Crippen LogP contribution is -2.02. The molecule has 94 valence electrons. The molecule has 0 saturated heterocycles. The maximum absolute atomic E-state index is 5.76. The molecule has 0 spiro atoms. The van der Waals surface area contributed by atoms with Crippen molar-refractivity contribution in [3.63, 3.8) is 0 Å². The number of nitrogens with zero attached hydrogens (tertiary/aromatic N) is 3. The minimum atomic E-state index is 0.645. The highest BCUT2D eigenvalue weighted by Gasteiger charge is 2.02. The van der Waals surface area contributed by atoms with Crippen molar-refractivity contribution in [3.8, 4) is 0 Å². The third-order valence-electron chi connectivity index (χ3n) is 2.87. The summed E-state index contributed by atoms with van der Waals surface area (Å²) in [5, 5.41) is 4.40. The largest absolute Gasteiger partial charge is 0.399 e. The second-order valence-electron chi connectivity index (χ2n) is 4.19. The van der Waals surface area contributed by atoms with Crippen molar-refractivity contribution in [2.24, 2.45) is 0 Å². The van der Waals surface area contributed by atoms with Gasteiger partial charge in [-0.25, -0.2) is 9.97 Å². The Morgan fingerprint density at radius 2 is 2.00 bits per heavy atom. The molecule has 2 aromatic heterocycles. The van der Waals surface area contributed by atoms with Gasteiger partial charge in [-0.1, -0.05) is 0 Å². The number of aromatic nitrogens is 3. The van der Waals surface area contributed by atoms with Gasteiger partial charge < -0.3 is 11.1 Å². The van der Waals surface area contributed by atoms with Crippen LogP contribution in [0.2, 0.25) is 0 Å². The molecular formula is C14H13N5. The van der Waals surface area contributed by atoms with Gasteiger partial charge in [-0.15, -0.1) is 0 Å². The maximum atomic E-state index is 5.76. The average molecular weight is 251 g/mol. The van der Waals surface area contributed by atoms with Crippen molar-refractivity contribution in [1.29, 1.82) is 0 Å². The fourth-order valence-electron chi connectivity index (χ4n) is 1.93. The molecule has 3 N–H and O–H groups in total. The molecule has 0 aliphatic heterocycles. The summed E-state index contributed by atoms with van der Waals surface area (Å²) in [7, 11) is 0. The Kier molecular flexibility index (Phi) is 2.94. The van der Waals surface area contributed by atoms with Crippen LogP contribution >= 0.6 is 0 Å². The molecule has 3 aromatic rings. The van der Waals surface area contributed by atoms with E-state index in [-0.39, 0.29) is 0 Å². The molecule has 0 bridgehead atoms. The average Bonchev–Trinajstić information content (AvgIpc) is 2.45. The number of pyridine rings is 1. The van der Waals surface area contributed by atoms with E-state index in [0.717, 1.165) is 22.3 Å². The van der Waals surface area contributed by atoms with Gasteiger partial charge in [0.15, 0.2) is 0 Å². The predicted molar refractivity (Wildman–Crippen MR) is 75.5 cm³/mol. The molecule has 5 heteroatoms. The summed E-state index contributed by atoms with van der Waals surface area (Å²) >= 11 is 0. The molecule has 0 atom stereocenters. The Morgan fingerprint density at radius 3 is 2.84 bits per heavy atom. The number of rotatable bonds is 3. The highest BCUT2D eigenvalue weighted by Crippen LogP contribution is 2.23. The van der Waals surface area contributed by atoms with E-state index >= 15 is 0 Å². The van der Waals surface area contributed by atoms with Crippen molar-refractivity contribution < 1.29 is 0 Å². The number of nitrogens with one attached hydrogen (secondary N) is 1. The van der Waals surface area contributed by atoms with Crippen molar-refractivity contribution in [2.75, 3.05) is 11.1 Å². The van der Waals surface area contributed by atoms with Crippen LogP contribution in [0.1, 0.15) is 5.69 Å². The van der Waals surface area contributed by atoms with Gasteiger partial charge in [-0.3, -0.25) is 4.98 Å². The van der Waals surface area contributed by atoms with Gasteiger partial charge in [0.25, 0.3) is 0 Å². The van der Waals surface area contributed by atoms with Crippen molar-refractivity contribution >= 4 is 22.3 Å². The summed E-state index contributed by atoms with van der Waals surface area (Å²) in [6.45, 7) is 0.645. The number of benzene rings is 1. The molecule has 0 radical (unpaired) electrons. The SMILES string of the molecule is Nc1ccc2c(NCc3ccncn3)ccnc2c1. The van der Waals surface area contributed by atoms with Crippen LogP contribution in [0.4, 0.5) is 11.4 Å². The number of hydrogen-bond acceptors (Lipinski definition) is 5. The third kappa shape index (κ3) is 2.44. The van der Waals surface area contributed by atoms with Crippen molar-refractivity contribution in [3.05, 3.63) is 54.7 Å². The monoisotopic (exact) mass is 251 g/mol. The van der Waals surface area contributed by atoms with E-state index in [1.54, 1.807) is 18.7 Å². The molecule has 0 saturated carbocycles. The summed E-state index contributed by atoms with van der Waals surface area (Å²) < 4.78 is 0. The zero-order valence-corrected chi connectivity index (χ0v) is 10.2. The van der Waals surface area contributed by atoms with Crippen molar-refractivity contribution in [2.45, 2.75) is 6.54 Å². The van der Waals surface area contributed by atoms with Crippen LogP contribution in [0.5, 0.6) is 0 Å². The summed E-state index contributed by atoms with van der Waals surface area (Å²) in [4.78, 5) is 12.4. The van der Waals surface area contributed by atoms with Gasteiger partial charge in [0.05, 0.1) is 17.8 Å². The molecule has 3 rings (SSSR count). The van der Waals surface area contributed by atoms with E-state index in [4.69, 9.17) is 5.73 Å². The molecule has 0 aliphatic carbocycles. The van der Waals surface area contributed by atoms with Crippen LogP contribution in [-0.4, -0.2) is 15.0 Å². The summed E-state index contributed by atoms with van der Waals surface area (Å²) in [6.07, 6.45) is 5.04. The Hall–Kier alpha value is -2.69. The highest BCUT2D eigenvalue weighted by molar-refractivity contribution is 5.92. The zero-order valence-electron chi connectivity index (χ0n) is 10.2. The zero-order chi connectivity index (χ0) is 13.1. The predicted octanol–water partition coefficient (Wildman–Crippen LogP) is 2.22. The number of anilines is 2. The minimum Gasteiger partial charge on any atom is -0.399 e. The molecule has 19 heavy (non-hydrogen) atoms. The Morgan fingerprint density at radius 1 is 1.05 bits per heavy atom. The van der Waals surface area contributed by atoms with Crippen LogP contribution < -0.4 is 11.1 Å². The molecule has 0 aliphatic rings. The van der Waals surface area contributed by atoms with Crippen LogP contribution in [0.15, 0.2) is 49.1 Å². The van der Waals surface area contributed by atoms with Crippen LogP contribution in [0.3, 0.4) is 0 Å². The first kappa shape index (κ1) is 11.4. The Labute approximate surface area is 110 Å². The first-order valence-corrected chi connectivity index (χ1v) is 5.96. The smallest absolute Gasteiger partial charge is 0.115 e. The minimum absolute atomic E-state index is 0.645. The van der Waals surface area contributed by atoms with E-state index in [9.17, 15) is 0 Å². The van der Waals surface area contributed by atoms with Crippen LogP contribution in [-0.2, 0) is 6.54 Å². The first-order valence-electron chi connectivity index (χ1n) is 5.96. The lowest BCUT2D eigenvalue weighted by atomic mass is 10.1. The topological polar surface area (TPSA) is 76.7 Å². The molecule has 0 unspecified atom stereocenters. The Bertz CT molecular complexity index is 697. The number of nitrogens with two attached hydrogens (primary N) is 1. The second kappa shape index (κ2) is 4.89. The van der Waals surface area contributed by atoms with Gasteiger partial charge in [0.1, 0.15) is 6.33 Å². The number of hydrogen-bond donors (Lipinski definition) is 2.